The van der Waals surface area contributed by atoms with Crippen molar-refractivity contribution in [1.29, 1.82) is 0 Å². The van der Waals surface area contributed by atoms with Gasteiger partial charge in [0.1, 0.15) is 5.82 Å². The molecular formula is C29H28FN3O3. The van der Waals surface area contributed by atoms with Crippen LogP contribution in [-0.4, -0.2) is 40.7 Å². The molecule has 1 aromatic heterocycles. The maximum atomic E-state index is 14.8. The Labute approximate surface area is 209 Å². The summed E-state index contributed by atoms with van der Waals surface area (Å²) in [5.74, 6) is 0.334. The lowest BCUT2D eigenvalue weighted by molar-refractivity contribution is -0.149. The number of hydrogen-bond acceptors (Lipinski definition) is 6. The lowest BCUT2D eigenvalue weighted by atomic mass is 9.96. The molecule has 0 radical (unpaired) electrons. The van der Waals surface area contributed by atoms with Gasteiger partial charge in [-0.3, -0.25) is 9.69 Å². The van der Waals surface area contributed by atoms with Crippen LogP contribution in [0.5, 0.6) is 0 Å². The van der Waals surface area contributed by atoms with E-state index in [1.165, 1.54) is 11.6 Å². The van der Waals surface area contributed by atoms with Crippen LogP contribution in [0.25, 0.3) is 34.0 Å². The van der Waals surface area contributed by atoms with Crippen LogP contribution in [0.3, 0.4) is 0 Å². The highest BCUT2D eigenvalue weighted by molar-refractivity contribution is 5.72. The lowest BCUT2D eigenvalue weighted by Gasteiger charge is -2.30. The first-order valence-corrected chi connectivity index (χ1v) is 12.3. The topological polar surface area (TPSA) is 68.5 Å². The van der Waals surface area contributed by atoms with Gasteiger partial charge in [-0.25, -0.2) is 4.39 Å². The van der Waals surface area contributed by atoms with E-state index in [1.54, 1.807) is 12.1 Å². The van der Waals surface area contributed by atoms with Gasteiger partial charge in [-0.1, -0.05) is 65.8 Å². The molecule has 1 aliphatic heterocycles. The molecule has 7 heteroatoms. The third-order valence-corrected chi connectivity index (χ3v) is 6.55. The van der Waals surface area contributed by atoms with Crippen LogP contribution in [0, 0.1) is 11.7 Å². The predicted octanol–water partition coefficient (Wildman–Crippen LogP) is 5.98. The standard InChI is InChI=1S/C29H28FN3O3/c1-2-35-29(34)23-14-16-33(17-15-23)19-20-8-10-22(11-9-20)27-31-28(36-32-27)24-12-13-25(26(30)18-24)21-6-4-3-5-7-21/h3-13,18,23H,2,14-17,19H2,1H3. The Kier molecular flexibility index (Phi) is 7.18. The van der Waals surface area contributed by atoms with Gasteiger partial charge in [0, 0.05) is 23.2 Å². The summed E-state index contributed by atoms with van der Waals surface area (Å²) in [6.45, 7) is 4.85. The van der Waals surface area contributed by atoms with Gasteiger partial charge in [0.2, 0.25) is 5.82 Å². The number of esters is 1. The third kappa shape index (κ3) is 5.36. The quantitative estimate of drug-likeness (QED) is 0.300. The smallest absolute Gasteiger partial charge is 0.309 e. The SMILES string of the molecule is CCOC(=O)C1CCN(Cc2ccc(-c3noc(-c4ccc(-c5ccccc5)c(F)c4)n3)cc2)CC1. The number of benzene rings is 3. The molecule has 3 aromatic carbocycles. The van der Waals surface area contributed by atoms with Crippen LogP contribution in [0.15, 0.2) is 77.3 Å². The Morgan fingerprint density at radius 3 is 2.42 bits per heavy atom. The van der Waals surface area contributed by atoms with Crippen LogP contribution in [0.1, 0.15) is 25.3 Å². The minimum atomic E-state index is -0.339. The highest BCUT2D eigenvalue weighted by Crippen LogP contribution is 2.29. The Morgan fingerprint density at radius 1 is 1.00 bits per heavy atom. The molecule has 36 heavy (non-hydrogen) atoms. The first-order valence-electron chi connectivity index (χ1n) is 12.3. The van der Waals surface area contributed by atoms with Crippen molar-refractivity contribution in [2.45, 2.75) is 26.3 Å². The van der Waals surface area contributed by atoms with E-state index in [-0.39, 0.29) is 23.6 Å². The maximum Gasteiger partial charge on any atom is 0.309 e. The number of likely N-dealkylation sites (tertiary alicyclic amines) is 1. The zero-order valence-electron chi connectivity index (χ0n) is 20.2. The van der Waals surface area contributed by atoms with Crippen LogP contribution in [0.4, 0.5) is 4.39 Å². The first kappa shape index (κ1) is 23.9. The molecule has 0 bridgehead atoms. The highest BCUT2D eigenvalue weighted by Gasteiger charge is 2.26. The van der Waals surface area contributed by atoms with Crippen molar-refractivity contribution in [3.63, 3.8) is 0 Å². The van der Waals surface area contributed by atoms with Crippen LogP contribution in [0.2, 0.25) is 0 Å². The number of rotatable bonds is 7. The summed E-state index contributed by atoms with van der Waals surface area (Å²) in [6.07, 6.45) is 1.66. The number of hydrogen-bond donors (Lipinski definition) is 0. The van der Waals surface area contributed by atoms with Gasteiger partial charge in [0.05, 0.1) is 12.5 Å². The molecule has 2 heterocycles. The summed E-state index contributed by atoms with van der Waals surface area (Å²) in [5, 5.41) is 4.10. The average molecular weight is 486 g/mol. The van der Waals surface area contributed by atoms with Crippen molar-refractivity contribution in [1.82, 2.24) is 15.0 Å². The lowest BCUT2D eigenvalue weighted by Crippen LogP contribution is -2.36. The van der Waals surface area contributed by atoms with E-state index in [0.717, 1.165) is 43.6 Å². The molecule has 0 atom stereocenters. The molecular weight excluding hydrogens is 457 g/mol. The minimum absolute atomic E-state index is 0.0130. The van der Waals surface area contributed by atoms with Crippen molar-refractivity contribution in [3.8, 4) is 34.0 Å². The molecule has 0 N–H and O–H groups in total. The number of aromatic nitrogens is 2. The largest absolute Gasteiger partial charge is 0.466 e. The number of carbonyl (C=O) groups is 1. The van der Waals surface area contributed by atoms with E-state index >= 15 is 0 Å². The molecule has 0 saturated carbocycles. The number of carbonyl (C=O) groups excluding carboxylic acids is 1. The van der Waals surface area contributed by atoms with Crippen molar-refractivity contribution >= 4 is 5.97 Å². The van der Waals surface area contributed by atoms with E-state index in [9.17, 15) is 9.18 Å². The molecule has 1 saturated heterocycles. The molecule has 0 unspecified atom stereocenters. The molecule has 5 rings (SSSR count). The zero-order chi connectivity index (χ0) is 24.9. The number of halogens is 1. The van der Waals surface area contributed by atoms with E-state index in [1.807, 2.05) is 49.4 Å². The van der Waals surface area contributed by atoms with Crippen LogP contribution < -0.4 is 0 Å². The monoisotopic (exact) mass is 485 g/mol. The third-order valence-electron chi connectivity index (χ3n) is 6.55. The summed E-state index contributed by atoms with van der Waals surface area (Å²) < 4.78 is 25.4. The summed E-state index contributed by atoms with van der Waals surface area (Å²) in [5.41, 5.74) is 3.89. The fraction of sp³-hybridized carbons (Fsp3) is 0.276. The molecule has 0 amide bonds. The molecule has 4 aromatic rings. The summed E-state index contributed by atoms with van der Waals surface area (Å²) in [7, 11) is 0. The van der Waals surface area contributed by atoms with Gasteiger partial charge in [-0.15, -0.1) is 0 Å². The molecule has 6 nitrogen and oxygen atoms in total. The summed E-state index contributed by atoms with van der Waals surface area (Å²) >= 11 is 0. The minimum Gasteiger partial charge on any atom is -0.466 e. The second-order valence-electron chi connectivity index (χ2n) is 8.98. The molecule has 0 aliphatic carbocycles. The van der Waals surface area contributed by atoms with Crippen LogP contribution >= 0.6 is 0 Å². The van der Waals surface area contributed by atoms with E-state index in [0.29, 0.717) is 23.6 Å². The van der Waals surface area contributed by atoms with Gasteiger partial charge >= 0.3 is 5.97 Å². The summed E-state index contributed by atoms with van der Waals surface area (Å²) in [6, 6.07) is 22.4. The average Bonchev–Trinajstić information content (AvgIpc) is 3.41. The fourth-order valence-corrected chi connectivity index (χ4v) is 4.56. The maximum absolute atomic E-state index is 14.8. The highest BCUT2D eigenvalue weighted by atomic mass is 19.1. The van der Waals surface area contributed by atoms with Gasteiger partial charge in [-0.2, -0.15) is 4.98 Å². The number of piperidine rings is 1. The Hall–Kier alpha value is -3.84. The summed E-state index contributed by atoms with van der Waals surface area (Å²) in [4.78, 5) is 18.8. The Bertz CT molecular complexity index is 1310. The van der Waals surface area contributed by atoms with Crippen molar-refractivity contribution in [2.24, 2.45) is 5.92 Å². The van der Waals surface area contributed by atoms with E-state index in [4.69, 9.17) is 9.26 Å². The second-order valence-corrected chi connectivity index (χ2v) is 8.98. The van der Waals surface area contributed by atoms with Crippen molar-refractivity contribution in [3.05, 3.63) is 84.2 Å². The van der Waals surface area contributed by atoms with Gasteiger partial charge in [0.15, 0.2) is 0 Å². The van der Waals surface area contributed by atoms with Gasteiger partial charge in [-0.05, 0) is 56.1 Å². The van der Waals surface area contributed by atoms with E-state index < -0.39 is 0 Å². The van der Waals surface area contributed by atoms with Crippen LogP contribution in [-0.2, 0) is 16.1 Å². The van der Waals surface area contributed by atoms with E-state index in [2.05, 4.69) is 27.2 Å². The Morgan fingerprint density at radius 2 is 1.72 bits per heavy atom. The number of nitrogens with zero attached hydrogens (tertiary/aromatic N) is 3. The molecule has 1 aliphatic rings. The van der Waals surface area contributed by atoms with Crippen molar-refractivity contribution in [2.75, 3.05) is 19.7 Å². The molecule has 0 spiro atoms. The van der Waals surface area contributed by atoms with Crippen molar-refractivity contribution < 1.29 is 18.4 Å². The van der Waals surface area contributed by atoms with Gasteiger partial charge in [0.25, 0.3) is 5.89 Å². The molecule has 1 fully saturated rings. The van der Waals surface area contributed by atoms with Gasteiger partial charge < -0.3 is 9.26 Å². The normalized spacial score (nSPS) is 14.6. The molecule has 184 valence electrons. The first-order chi connectivity index (χ1) is 17.6. The predicted molar refractivity (Wildman–Crippen MR) is 135 cm³/mol. The fourth-order valence-electron chi connectivity index (χ4n) is 4.56. The number of ether oxygens (including phenoxy) is 1. The Balaban J connectivity index is 1.22. The zero-order valence-corrected chi connectivity index (χ0v) is 20.2. The second kappa shape index (κ2) is 10.8.